The number of rotatable bonds is 3. The van der Waals surface area contributed by atoms with Crippen molar-refractivity contribution in [3.05, 3.63) is 144 Å². The third-order valence-electron chi connectivity index (χ3n) is 10.6. The van der Waals surface area contributed by atoms with Crippen molar-refractivity contribution in [2.24, 2.45) is 11.8 Å². The molecule has 0 amide bonds. The van der Waals surface area contributed by atoms with Crippen molar-refractivity contribution in [3.8, 4) is 33.6 Å². The van der Waals surface area contributed by atoms with Gasteiger partial charge < -0.3 is 14.4 Å². The topological polar surface area (TPSA) is 38.9 Å². The van der Waals surface area contributed by atoms with Crippen LogP contribution in [0.25, 0.3) is 55.6 Å². The van der Waals surface area contributed by atoms with Crippen LogP contribution in [-0.4, -0.2) is 9.97 Å². The minimum atomic E-state index is -2.56. The number of fused-ring (bicyclic) bond motifs is 2. The summed E-state index contributed by atoms with van der Waals surface area (Å²) in [7, 11) is 0. The maximum Gasteiger partial charge on any atom is 0.121 e. The molecule has 4 heteroatoms. The molecule has 0 aliphatic heterocycles. The summed E-state index contributed by atoms with van der Waals surface area (Å²) in [5.41, 5.74) is 9.42. The second-order valence-electron chi connectivity index (χ2n) is 13.1. The molecule has 2 bridgehead atoms. The smallest absolute Gasteiger partial charge is 0.121 e. The number of hydrogen-bond donors (Lipinski definition) is 0. The Balaban J connectivity index is 0.000000184. The summed E-state index contributed by atoms with van der Waals surface area (Å²) < 4.78 is 53.8. The van der Waals surface area contributed by atoms with E-state index in [2.05, 4.69) is 52.4 Å². The number of hydrogen-bond acceptors (Lipinski definition) is 3. The van der Waals surface area contributed by atoms with E-state index < -0.39 is 13.7 Å². The SMILES string of the molecule is [2H]C([2H])([2H])c1cnc(-c2[c-]cc3oc4cccc5c4c3c2C2C3CCC(CC3)C52)cc1C([2H])([2H])[2H].[Ir].[c-]1ccccc1-c1cc(-c2ccccc2)ccn1. The van der Waals surface area contributed by atoms with E-state index in [-0.39, 0.29) is 31.2 Å². The van der Waals surface area contributed by atoms with Crippen LogP contribution in [0.4, 0.5) is 0 Å². The molecule has 1 radical (unpaired) electrons. The summed E-state index contributed by atoms with van der Waals surface area (Å²) in [6, 6.07) is 38.6. The summed E-state index contributed by atoms with van der Waals surface area (Å²) in [4.78, 5) is 8.92. The van der Waals surface area contributed by atoms with Crippen molar-refractivity contribution < 1.29 is 32.7 Å². The molecule has 4 aromatic carbocycles. The summed E-state index contributed by atoms with van der Waals surface area (Å²) in [5.74, 6) is 1.86. The van der Waals surface area contributed by atoms with E-state index in [0.29, 0.717) is 29.4 Å². The van der Waals surface area contributed by atoms with Crippen LogP contribution in [0.15, 0.2) is 114 Å². The van der Waals surface area contributed by atoms with Gasteiger partial charge in [-0.1, -0.05) is 78.4 Å². The van der Waals surface area contributed by atoms with E-state index in [1.807, 2.05) is 66.9 Å². The van der Waals surface area contributed by atoms with Crippen LogP contribution < -0.4 is 0 Å². The molecule has 11 rings (SSSR count). The molecule has 239 valence electrons. The van der Waals surface area contributed by atoms with Gasteiger partial charge in [-0.25, -0.2) is 0 Å². The molecule has 3 saturated carbocycles. The van der Waals surface area contributed by atoms with Gasteiger partial charge in [0.05, 0.1) is 5.58 Å². The Morgan fingerprint density at radius 1 is 0.708 bits per heavy atom. The third kappa shape index (κ3) is 5.14. The number of nitrogens with zero attached hydrogens (tertiary/aromatic N) is 2. The van der Waals surface area contributed by atoms with Crippen LogP contribution in [0.5, 0.6) is 0 Å². The zero-order chi connectivity index (χ0) is 36.5. The molecule has 2 unspecified atom stereocenters. The van der Waals surface area contributed by atoms with Gasteiger partial charge in [-0.05, 0) is 96.0 Å². The first-order valence-electron chi connectivity index (χ1n) is 19.5. The molecule has 0 N–H and O–H groups in total. The molecule has 3 nitrogen and oxygen atoms in total. The second kappa shape index (κ2) is 12.6. The molecular formula is C44H36IrN2O-2. The number of furan rings is 1. The molecule has 0 saturated heterocycles. The van der Waals surface area contributed by atoms with E-state index in [0.717, 1.165) is 44.3 Å². The number of aromatic nitrogens is 2. The van der Waals surface area contributed by atoms with Gasteiger partial charge in [-0.2, -0.15) is 0 Å². The average molecular weight is 807 g/mol. The molecule has 3 heterocycles. The zero-order valence-electron chi connectivity index (χ0n) is 32.2. The first-order valence-corrected chi connectivity index (χ1v) is 16.5. The maximum absolute atomic E-state index is 8.02. The van der Waals surface area contributed by atoms with Crippen LogP contribution >= 0.6 is 0 Å². The molecule has 48 heavy (non-hydrogen) atoms. The molecule has 4 aliphatic rings. The Bertz CT molecular complexity index is 2420. The summed E-state index contributed by atoms with van der Waals surface area (Å²) >= 11 is 0. The maximum atomic E-state index is 8.02. The molecule has 4 aliphatic carbocycles. The van der Waals surface area contributed by atoms with Crippen LogP contribution in [0.1, 0.15) is 68.0 Å². The molecule has 2 atom stereocenters. The summed E-state index contributed by atoms with van der Waals surface area (Å²) in [5, 5.41) is 2.26. The zero-order valence-corrected chi connectivity index (χ0v) is 28.6. The second-order valence-corrected chi connectivity index (χ2v) is 13.1. The van der Waals surface area contributed by atoms with Gasteiger partial charge >= 0.3 is 0 Å². The first kappa shape index (κ1) is 24.7. The number of benzene rings is 4. The van der Waals surface area contributed by atoms with Crippen molar-refractivity contribution >= 4 is 21.9 Å². The Kier molecular flexibility index (Phi) is 6.48. The minimum absolute atomic E-state index is 0. The third-order valence-corrected chi connectivity index (χ3v) is 10.6. The van der Waals surface area contributed by atoms with Crippen LogP contribution in [-0.2, 0) is 20.1 Å². The van der Waals surface area contributed by atoms with E-state index in [4.69, 9.17) is 12.6 Å². The minimum Gasteiger partial charge on any atom is -0.500 e. The predicted molar refractivity (Wildman–Crippen MR) is 190 cm³/mol. The fourth-order valence-corrected chi connectivity index (χ4v) is 8.57. The van der Waals surface area contributed by atoms with Gasteiger partial charge in [0.1, 0.15) is 5.58 Å². The number of aryl methyl sites for hydroxylation is 2. The molecule has 0 spiro atoms. The molecule has 3 fully saturated rings. The predicted octanol–water partition coefficient (Wildman–Crippen LogP) is 11.3. The summed E-state index contributed by atoms with van der Waals surface area (Å²) in [6.45, 7) is -5.12. The van der Waals surface area contributed by atoms with Gasteiger partial charge in [-0.3, -0.25) is 0 Å². The molecular weight excluding hydrogens is 765 g/mol. The van der Waals surface area contributed by atoms with Gasteiger partial charge in [0.15, 0.2) is 0 Å². The Hall–Kier alpha value is -4.37. The van der Waals surface area contributed by atoms with Crippen molar-refractivity contribution in [2.75, 3.05) is 0 Å². The van der Waals surface area contributed by atoms with Gasteiger partial charge in [0, 0.05) is 46.1 Å². The number of pyridine rings is 2. The Morgan fingerprint density at radius 2 is 1.52 bits per heavy atom. The van der Waals surface area contributed by atoms with E-state index in [1.54, 1.807) is 0 Å². The van der Waals surface area contributed by atoms with E-state index >= 15 is 0 Å². The van der Waals surface area contributed by atoms with Gasteiger partial charge in [0.2, 0.25) is 0 Å². The normalized spacial score (nSPS) is 22.6. The summed E-state index contributed by atoms with van der Waals surface area (Å²) in [6.07, 6.45) is 7.92. The van der Waals surface area contributed by atoms with Gasteiger partial charge in [0.25, 0.3) is 0 Å². The average Bonchev–Trinajstić information content (AvgIpc) is 3.57. The standard InChI is InChI=1S/C27H24NO.C17H12N.Ir/c1-14-12-20(28-13-15(14)2)18-10-11-22-27-25-19(4-3-5-21(25)29-22)23-16-6-8-17(9-7-16)24(23)26(18)27;1-3-7-14(8-4-1)16-11-12-18-17(13-16)15-9-5-2-6-10-15;/h3-5,11-13,16-17,23-24H,6-9H2,1-2H3;1-9,11-13H;/q2*-1;/i1D3,2D3;;. The Morgan fingerprint density at radius 3 is 2.31 bits per heavy atom. The van der Waals surface area contributed by atoms with Crippen LogP contribution in [0.3, 0.4) is 0 Å². The largest absolute Gasteiger partial charge is 0.500 e. The van der Waals surface area contributed by atoms with E-state index in [9.17, 15) is 0 Å². The monoisotopic (exact) mass is 807 g/mol. The van der Waals surface area contributed by atoms with E-state index in [1.165, 1.54) is 54.6 Å². The fourth-order valence-electron chi connectivity index (χ4n) is 8.57. The molecule has 3 aromatic heterocycles. The fraction of sp³-hybridized carbons (Fsp3) is 0.227. The van der Waals surface area contributed by atoms with Crippen molar-refractivity contribution in [1.29, 1.82) is 0 Å². The molecule has 7 aromatic rings. The first-order chi connectivity index (χ1) is 25.6. The van der Waals surface area contributed by atoms with Gasteiger partial charge in [-0.15, -0.1) is 59.2 Å². The quantitative estimate of drug-likeness (QED) is 0.167. The Labute approximate surface area is 304 Å². The van der Waals surface area contributed by atoms with Crippen molar-refractivity contribution in [1.82, 2.24) is 9.97 Å². The van der Waals surface area contributed by atoms with Crippen LogP contribution in [0.2, 0.25) is 0 Å². The van der Waals surface area contributed by atoms with Crippen molar-refractivity contribution in [2.45, 2.75) is 51.2 Å². The van der Waals surface area contributed by atoms with Crippen molar-refractivity contribution in [3.63, 3.8) is 0 Å². The van der Waals surface area contributed by atoms with Crippen LogP contribution in [0, 0.1) is 37.7 Å².